The van der Waals surface area contributed by atoms with Gasteiger partial charge in [-0.1, -0.05) is 31.4 Å². The largest absolute Gasteiger partial charge is 0.345 e. The average Bonchev–Trinajstić information content (AvgIpc) is 2.99. The van der Waals surface area contributed by atoms with Crippen LogP contribution in [0.1, 0.15) is 71.0 Å². The summed E-state index contributed by atoms with van der Waals surface area (Å²) in [6.07, 6.45) is 6.17. The fourth-order valence-corrected chi connectivity index (χ4v) is 4.46. The first-order valence-electron chi connectivity index (χ1n) is 10.6. The molecule has 5 nitrogen and oxygen atoms in total. The molecule has 1 aliphatic rings. The lowest BCUT2D eigenvalue weighted by molar-refractivity contribution is -0.116. The van der Waals surface area contributed by atoms with E-state index in [4.69, 9.17) is 0 Å². The number of hydrogen-bond donors (Lipinski definition) is 1. The molecule has 2 amide bonds. The first-order chi connectivity index (χ1) is 13.8. The van der Waals surface area contributed by atoms with Gasteiger partial charge in [-0.25, -0.2) is 0 Å². The molecule has 156 valence electrons. The fraction of sp³-hybridized carbons (Fsp3) is 0.500. The molecule has 0 radical (unpaired) electrons. The van der Waals surface area contributed by atoms with Gasteiger partial charge in [0.25, 0.3) is 5.91 Å². The van der Waals surface area contributed by atoms with E-state index in [1.165, 1.54) is 37.0 Å². The zero-order valence-corrected chi connectivity index (χ0v) is 18.3. The van der Waals surface area contributed by atoms with Crippen LogP contribution >= 0.6 is 0 Å². The second-order valence-corrected chi connectivity index (χ2v) is 8.40. The van der Waals surface area contributed by atoms with Crippen molar-refractivity contribution in [3.8, 4) is 0 Å². The summed E-state index contributed by atoms with van der Waals surface area (Å²) in [5, 5.41) is 2.93. The third-order valence-corrected chi connectivity index (χ3v) is 6.26. The number of benzene rings is 1. The third-order valence-electron chi connectivity index (χ3n) is 6.26. The number of amides is 2. The van der Waals surface area contributed by atoms with Crippen LogP contribution in [-0.4, -0.2) is 34.9 Å². The van der Waals surface area contributed by atoms with E-state index in [1.54, 1.807) is 7.05 Å². The predicted molar refractivity (Wildman–Crippen MR) is 118 cm³/mol. The molecular formula is C24H33N3O2. The van der Waals surface area contributed by atoms with E-state index < -0.39 is 0 Å². The normalized spacial score (nSPS) is 14.7. The number of aryl methyl sites for hydroxylation is 2. The SMILES string of the molecule is Cc1cccc(NC(=O)CN(C)C(=O)c2cc(C)n(C3CCCCC3)c2C)c1C. The van der Waals surface area contributed by atoms with E-state index in [0.29, 0.717) is 11.6 Å². The molecule has 0 bridgehead atoms. The summed E-state index contributed by atoms with van der Waals surface area (Å²) in [5.41, 5.74) is 5.82. The molecule has 1 aromatic carbocycles. The van der Waals surface area contributed by atoms with E-state index in [9.17, 15) is 9.59 Å². The number of aromatic nitrogens is 1. The second kappa shape index (κ2) is 8.85. The molecule has 1 aromatic heterocycles. The maximum absolute atomic E-state index is 13.1. The molecule has 1 aliphatic carbocycles. The van der Waals surface area contributed by atoms with Crippen LogP contribution in [0.3, 0.4) is 0 Å². The summed E-state index contributed by atoms with van der Waals surface area (Å²) in [6.45, 7) is 8.13. The van der Waals surface area contributed by atoms with Gasteiger partial charge >= 0.3 is 0 Å². The molecule has 5 heteroatoms. The Morgan fingerprint density at radius 3 is 2.48 bits per heavy atom. The number of carbonyl (C=O) groups excluding carboxylic acids is 2. The highest BCUT2D eigenvalue weighted by atomic mass is 16.2. The molecule has 29 heavy (non-hydrogen) atoms. The fourth-order valence-electron chi connectivity index (χ4n) is 4.46. The maximum atomic E-state index is 13.1. The lowest BCUT2D eigenvalue weighted by atomic mass is 9.95. The quantitative estimate of drug-likeness (QED) is 0.780. The number of anilines is 1. The smallest absolute Gasteiger partial charge is 0.255 e. The molecule has 0 unspecified atom stereocenters. The molecule has 1 fully saturated rings. The van der Waals surface area contributed by atoms with Crippen molar-refractivity contribution < 1.29 is 9.59 Å². The van der Waals surface area contributed by atoms with E-state index in [0.717, 1.165) is 28.2 Å². The number of nitrogens with one attached hydrogen (secondary N) is 1. The number of hydrogen-bond acceptors (Lipinski definition) is 2. The predicted octanol–water partition coefficient (Wildman–Crippen LogP) is 4.94. The van der Waals surface area contributed by atoms with E-state index in [2.05, 4.69) is 16.8 Å². The van der Waals surface area contributed by atoms with E-state index >= 15 is 0 Å². The second-order valence-electron chi connectivity index (χ2n) is 8.40. The van der Waals surface area contributed by atoms with Gasteiger partial charge < -0.3 is 14.8 Å². The summed E-state index contributed by atoms with van der Waals surface area (Å²) in [7, 11) is 1.69. The minimum Gasteiger partial charge on any atom is -0.345 e. The van der Waals surface area contributed by atoms with Gasteiger partial charge in [-0.15, -0.1) is 0 Å². The average molecular weight is 396 g/mol. The highest BCUT2D eigenvalue weighted by Crippen LogP contribution is 2.32. The van der Waals surface area contributed by atoms with Crippen LogP contribution in [0, 0.1) is 27.7 Å². The van der Waals surface area contributed by atoms with Crippen molar-refractivity contribution in [2.45, 2.75) is 65.8 Å². The number of nitrogens with zero attached hydrogens (tertiary/aromatic N) is 2. The first-order valence-corrected chi connectivity index (χ1v) is 10.6. The molecule has 0 spiro atoms. The van der Waals surface area contributed by atoms with Crippen LogP contribution in [0.15, 0.2) is 24.3 Å². The molecule has 1 N–H and O–H groups in total. The Morgan fingerprint density at radius 2 is 1.79 bits per heavy atom. The minimum atomic E-state index is -0.185. The molecule has 0 atom stereocenters. The van der Waals surface area contributed by atoms with Gasteiger partial charge in [0.15, 0.2) is 0 Å². The zero-order valence-electron chi connectivity index (χ0n) is 18.3. The van der Waals surface area contributed by atoms with Crippen molar-refractivity contribution in [1.29, 1.82) is 0 Å². The molecule has 3 rings (SSSR count). The summed E-state index contributed by atoms with van der Waals surface area (Å²) in [4.78, 5) is 27.1. The standard InChI is InChI=1S/C24H33N3O2/c1-16-10-9-13-22(18(16)3)25-23(28)15-26(5)24(29)21-14-17(2)27(19(21)4)20-11-7-6-8-12-20/h9-10,13-14,20H,6-8,11-12,15H2,1-5H3,(H,25,28). The Kier molecular flexibility index (Phi) is 6.46. The lowest BCUT2D eigenvalue weighted by Gasteiger charge is -2.26. The Morgan fingerprint density at radius 1 is 1.10 bits per heavy atom. The van der Waals surface area contributed by atoms with Gasteiger partial charge in [0, 0.05) is 30.2 Å². The van der Waals surface area contributed by atoms with Gasteiger partial charge in [0.05, 0.1) is 12.1 Å². The summed E-state index contributed by atoms with van der Waals surface area (Å²) in [5.74, 6) is -0.285. The Bertz CT molecular complexity index is 907. The number of rotatable bonds is 5. The van der Waals surface area contributed by atoms with Crippen LogP contribution in [0.5, 0.6) is 0 Å². The number of carbonyl (C=O) groups is 2. The molecule has 1 saturated carbocycles. The molecule has 2 aromatic rings. The van der Waals surface area contributed by atoms with Crippen LogP contribution in [0.4, 0.5) is 5.69 Å². The van der Waals surface area contributed by atoms with Gasteiger partial charge in [0.1, 0.15) is 0 Å². The Labute approximate surface area is 174 Å². The van der Waals surface area contributed by atoms with Crippen molar-refractivity contribution in [3.63, 3.8) is 0 Å². The molecule has 0 aliphatic heterocycles. The maximum Gasteiger partial charge on any atom is 0.255 e. The Hall–Kier alpha value is -2.56. The van der Waals surface area contributed by atoms with E-state index in [1.807, 2.05) is 45.0 Å². The molecule has 0 saturated heterocycles. The van der Waals surface area contributed by atoms with Gasteiger partial charge in [-0.2, -0.15) is 0 Å². The van der Waals surface area contributed by atoms with Crippen molar-refractivity contribution in [3.05, 3.63) is 52.3 Å². The summed E-state index contributed by atoms with van der Waals surface area (Å²) in [6, 6.07) is 8.30. The van der Waals surface area contributed by atoms with Crippen LogP contribution < -0.4 is 5.32 Å². The Balaban J connectivity index is 1.70. The highest BCUT2D eigenvalue weighted by molar-refractivity contribution is 6.00. The van der Waals surface area contributed by atoms with Crippen molar-refractivity contribution >= 4 is 17.5 Å². The van der Waals surface area contributed by atoms with Crippen molar-refractivity contribution in [2.24, 2.45) is 0 Å². The van der Waals surface area contributed by atoms with Gasteiger partial charge in [-0.3, -0.25) is 9.59 Å². The van der Waals surface area contributed by atoms with E-state index in [-0.39, 0.29) is 18.4 Å². The minimum absolute atomic E-state index is 0.0271. The topological polar surface area (TPSA) is 54.3 Å². The highest BCUT2D eigenvalue weighted by Gasteiger charge is 2.24. The van der Waals surface area contributed by atoms with Crippen molar-refractivity contribution in [2.75, 3.05) is 18.9 Å². The van der Waals surface area contributed by atoms with Crippen molar-refractivity contribution in [1.82, 2.24) is 9.47 Å². The third kappa shape index (κ3) is 4.55. The first kappa shape index (κ1) is 21.2. The monoisotopic (exact) mass is 395 g/mol. The number of likely N-dealkylation sites (N-methyl/N-ethyl adjacent to an activating group) is 1. The van der Waals surface area contributed by atoms with Crippen LogP contribution in [-0.2, 0) is 4.79 Å². The lowest BCUT2D eigenvalue weighted by Crippen LogP contribution is -2.35. The van der Waals surface area contributed by atoms with Gasteiger partial charge in [0.2, 0.25) is 5.91 Å². The summed E-state index contributed by atoms with van der Waals surface area (Å²) >= 11 is 0. The summed E-state index contributed by atoms with van der Waals surface area (Å²) < 4.78 is 2.33. The molecule has 1 heterocycles. The van der Waals surface area contributed by atoms with Gasteiger partial charge in [-0.05, 0) is 63.8 Å². The van der Waals surface area contributed by atoms with Crippen LogP contribution in [0.2, 0.25) is 0 Å². The zero-order chi connectivity index (χ0) is 21.1. The molecular weight excluding hydrogens is 362 g/mol. The van der Waals surface area contributed by atoms with Crippen LogP contribution in [0.25, 0.3) is 0 Å².